The molecule has 0 spiro atoms. The van der Waals surface area contributed by atoms with Gasteiger partial charge in [-0.05, 0) is 26.0 Å². The molecule has 0 fully saturated rings. The van der Waals surface area contributed by atoms with E-state index in [1.807, 2.05) is 26.0 Å². The molecule has 13 heavy (non-hydrogen) atoms. The molecule has 5 heteroatoms. The van der Waals surface area contributed by atoms with Crippen molar-refractivity contribution in [1.29, 1.82) is 0 Å². The van der Waals surface area contributed by atoms with Gasteiger partial charge in [0.05, 0.1) is 14.9 Å². The van der Waals surface area contributed by atoms with Crippen molar-refractivity contribution >= 4 is 46.3 Å². The van der Waals surface area contributed by atoms with Gasteiger partial charge in [0.2, 0.25) is 0 Å². The van der Waals surface area contributed by atoms with Crippen LogP contribution < -0.4 is 0 Å². The molecule has 0 aliphatic carbocycles. The molecule has 0 radical (unpaired) electrons. The average molecular weight is 374 g/mol. The molecule has 2 nitrogen and oxygen atoms in total. The van der Waals surface area contributed by atoms with E-state index in [0.29, 0.717) is 0 Å². The molecular formula is C8H9BrINOS. The summed E-state index contributed by atoms with van der Waals surface area (Å²) < 4.78 is 6.51. The van der Waals surface area contributed by atoms with Crippen LogP contribution in [0.15, 0.2) is 22.8 Å². The van der Waals surface area contributed by atoms with Gasteiger partial charge in [-0.25, -0.2) is 0 Å². The Bertz CT molecular complexity index is 295. The van der Waals surface area contributed by atoms with Crippen LogP contribution in [0.3, 0.4) is 0 Å². The van der Waals surface area contributed by atoms with E-state index in [1.54, 1.807) is 6.20 Å². The van der Waals surface area contributed by atoms with Gasteiger partial charge in [0.1, 0.15) is 5.60 Å². The van der Waals surface area contributed by atoms with Crippen LogP contribution in [0.5, 0.6) is 0 Å². The van der Waals surface area contributed by atoms with E-state index >= 15 is 0 Å². The molecule has 0 saturated heterocycles. The number of rotatable bonds is 3. The summed E-state index contributed by atoms with van der Waals surface area (Å²) in [6, 6.07) is 3.86. The zero-order valence-corrected chi connectivity index (χ0v) is 11.8. The molecule has 0 N–H and O–H groups in total. The van der Waals surface area contributed by atoms with Crippen molar-refractivity contribution in [3.8, 4) is 0 Å². The number of hydrogen-bond acceptors (Lipinski definition) is 3. The van der Waals surface area contributed by atoms with E-state index in [2.05, 4.69) is 42.1 Å². The lowest BCUT2D eigenvalue weighted by Gasteiger charge is -2.21. The number of aromatic nitrogens is 1. The van der Waals surface area contributed by atoms with E-state index in [1.165, 1.54) is 9.21 Å². The van der Waals surface area contributed by atoms with Crippen LogP contribution in [0.4, 0.5) is 0 Å². The Hall–Kier alpha value is 0.670. The van der Waals surface area contributed by atoms with Crippen LogP contribution in [0, 0.1) is 0 Å². The maximum atomic E-state index is 5.49. The van der Waals surface area contributed by atoms with Crippen molar-refractivity contribution in [2.75, 3.05) is 0 Å². The van der Waals surface area contributed by atoms with E-state index in [0.717, 1.165) is 10.2 Å². The van der Waals surface area contributed by atoms with Crippen molar-refractivity contribution in [3.05, 3.63) is 28.5 Å². The first-order valence-electron chi connectivity index (χ1n) is 3.65. The van der Waals surface area contributed by atoms with E-state index < -0.39 is 0 Å². The van der Waals surface area contributed by atoms with Crippen molar-refractivity contribution in [2.45, 2.75) is 19.4 Å². The highest BCUT2D eigenvalue weighted by Gasteiger charge is 2.23. The highest BCUT2D eigenvalue weighted by atomic mass is 127. The van der Waals surface area contributed by atoms with Crippen LogP contribution in [-0.2, 0) is 9.78 Å². The Kier molecular flexibility index (Phi) is 4.47. The first kappa shape index (κ1) is 11.7. The molecule has 0 bridgehead atoms. The van der Waals surface area contributed by atoms with Gasteiger partial charge in [-0.1, -0.05) is 15.9 Å². The van der Waals surface area contributed by atoms with Gasteiger partial charge >= 0.3 is 0 Å². The Morgan fingerprint density at radius 3 is 2.85 bits per heavy atom. The molecule has 0 amide bonds. The molecule has 0 saturated carbocycles. The lowest BCUT2D eigenvalue weighted by Crippen LogP contribution is -2.19. The zero-order chi connectivity index (χ0) is 9.90. The first-order chi connectivity index (χ1) is 6.06. The quantitative estimate of drug-likeness (QED) is 0.588. The van der Waals surface area contributed by atoms with Crippen molar-refractivity contribution in [1.82, 2.24) is 4.98 Å². The van der Waals surface area contributed by atoms with Crippen LogP contribution in [0.25, 0.3) is 0 Å². The second-order valence-electron chi connectivity index (χ2n) is 3.02. The molecule has 1 aromatic rings. The Morgan fingerprint density at radius 1 is 1.62 bits per heavy atom. The smallest absolute Gasteiger partial charge is 0.120 e. The molecule has 0 aromatic carbocycles. The fourth-order valence-corrected chi connectivity index (χ4v) is 2.78. The summed E-state index contributed by atoms with van der Waals surface area (Å²) in [5, 5.41) is 0. The average Bonchev–Trinajstić information content (AvgIpc) is 2.04. The van der Waals surface area contributed by atoms with Gasteiger partial charge in [-0.3, -0.25) is 9.17 Å². The summed E-state index contributed by atoms with van der Waals surface area (Å²) in [4.78, 5) is 4.26. The normalized spacial score (nSPS) is 11.7. The van der Waals surface area contributed by atoms with Gasteiger partial charge < -0.3 is 0 Å². The van der Waals surface area contributed by atoms with E-state index in [4.69, 9.17) is 4.18 Å². The summed E-state index contributed by atoms with van der Waals surface area (Å²) in [6.45, 7) is 3.99. The predicted octanol–water partition coefficient (Wildman–Crippen LogP) is 4.09. The number of nitrogens with zero attached hydrogens (tertiary/aromatic N) is 1. The fraction of sp³-hybridized carbons (Fsp3) is 0.375. The summed E-state index contributed by atoms with van der Waals surface area (Å²) in [5.41, 5.74) is 0.571. The molecule has 0 atom stereocenters. The third-order valence-electron chi connectivity index (χ3n) is 1.58. The van der Waals surface area contributed by atoms with Crippen LogP contribution >= 0.6 is 46.3 Å². The van der Waals surface area contributed by atoms with Gasteiger partial charge in [0.25, 0.3) is 0 Å². The molecule has 1 heterocycles. The van der Waals surface area contributed by atoms with Gasteiger partial charge in [-0.2, -0.15) is 0 Å². The highest BCUT2D eigenvalue weighted by molar-refractivity contribution is 14.2. The zero-order valence-electron chi connectivity index (χ0n) is 7.25. The lowest BCUT2D eigenvalue weighted by atomic mass is 10.1. The summed E-state index contributed by atoms with van der Waals surface area (Å²) in [6.07, 6.45) is 1.77. The lowest BCUT2D eigenvalue weighted by molar-refractivity contribution is 0.139. The third-order valence-corrected chi connectivity index (χ3v) is 3.09. The molecule has 0 aliphatic rings. The predicted molar refractivity (Wildman–Crippen MR) is 67.7 cm³/mol. The SMILES string of the molecule is CC(C)(OSI)c1cc(Br)ccn1. The Balaban J connectivity index is 2.93. The fourth-order valence-electron chi connectivity index (χ4n) is 0.855. The van der Waals surface area contributed by atoms with Gasteiger partial charge in [0, 0.05) is 31.9 Å². The van der Waals surface area contributed by atoms with Crippen LogP contribution in [0.1, 0.15) is 19.5 Å². The summed E-state index contributed by atoms with van der Waals surface area (Å²) >= 11 is 5.50. The minimum Gasteiger partial charge on any atom is -0.293 e. The van der Waals surface area contributed by atoms with Gasteiger partial charge in [-0.15, -0.1) is 0 Å². The highest BCUT2D eigenvalue weighted by Crippen LogP contribution is 2.31. The molecule has 1 aromatic heterocycles. The maximum Gasteiger partial charge on any atom is 0.120 e. The molecule has 0 unspecified atom stereocenters. The monoisotopic (exact) mass is 373 g/mol. The van der Waals surface area contributed by atoms with Crippen molar-refractivity contribution < 1.29 is 4.18 Å². The third kappa shape index (κ3) is 3.38. The van der Waals surface area contributed by atoms with Crippen LogP contribution in [0.2, 0.25) is 0 Å². The van der Waals surface area contributed by atoms with E-state index in [-0.39, 0.29) is 5.60 Å². The van der Waals surface area contributed by atoms with Crippen molar-refractivity contribution in [2.24, 2.45) is 0 Å². The van der Waals surface area contributed by atoms with Crippen molar-refractivity contribution in [3.63, 3.8) is 0 Å². The molecule has 0 aliphatic heterocycles. The second kappa shape index (κ2) is 4.95. The largest absolute Gasteiger partial charge is 0.293 e. The number of hydrogen-bond donors (Lipinski definition) is 0. The topological polar surface area (TPSA) is 22.1 Å². The minimum atomic E-state index is -0.352. The number of halogens is 2. The maximum absolute atomic E-state index is 5.49. The second-order valence-corrected chi connectivity index (χ2v) is 5.30. The summed E-state index contributed by atoms with van der Waals surface area (Å²) in [5.74, 6) is 0. The van der Waals surface area contributed by atoms with Crippen LogP contribution in [-0.4, -0.2) is 4.98 Å². The Labute approximate surface area is 103 Å². The standard InChI is InChI=1S/C8H9BrINOS/c1-8(2,12-13-10)7-5-6(9)3-4-11-7/h3-5H,1-2H3. The number of pyridine rings is 1. The van der Waals surface area contributed by atoms with E-state index in [9.17, 15) is 0 Å². The molecule has 1 rings (SSSR count). The molecular weight excluding hydrogens is 365 g/mol. The summed E-state index contributed by atoms with van der Waals surface area (Å²) in [7, 11) is 1.32. The van der Waals surface area contributed by atoms with Gasteiger partial charge in [0.15, 0.2) is 0 Å². The first-order valence-corrected chi connectivity index (χ1v) is 7.72. The Morgan fingerprint density at radius 2 is 2.31 bits per heavy atom. The minimum absolute atomic E-state index is 0.352. The molecule has 72 valence electrons.